The zero-order valence-corrected chi connectivity index (χ0v) is 11.2. The van der Waals surface area contributed by atoms with Crippen molar-refractivity contribution in [1.82, 2.24) is 25.5 Å². The van der Waals surface area contributed by atoms with Crippen LogP contribution in [-0.4, -0.2) is 32.1 Å². The molecule has 0 bridgehead atoms. The number of hydrogen-bond acceptors (Lipinski definition) is 5. The zero-order chi connectivity index (χ0) is 14.7. The molecule has 1 aromatic carbocycles. The molecule has 1 aromatic heterocycles. The van der Waals surface area contributed by atoms with Crippen LogP contribution in [0.5, 0.6) is 0 Å². The highest BCUT2D eigenvalue weighted by molar-refractivity contribution is 6.30. The third-order valence-electron chi connectivity index (χ3n) is 2.50. The minimum atomic E-state index is -0.931. The summed E-state index contributed by atoms with van der Waals surface area (Å²) in [5.74, 6) is -0.266. The molecule has 0 fully saturated rings. The van der Waals surface area contributed by atoms with Crippen LogP contribution in [0.3, 0.4) is 0 Å². The zero-order valence-electron chi connectivity index (χ0n) is 10.4. The van der Waals surface area contributed by atoms with Crippen LogP contribution >= 0.6 is 11.6 Å². The van der Waals surface area contributed by atoms with E-state index in [-0.39, 0.29) is 0 Å². The second-order valence-corrected chi connectivity index (χ2v) is 4.41. The van der Waals surface area contributed by atoms with Crippen LogP contribution in [0.2, 0.25) is 5.02 Å². The van der Waals surface area contributed by atoms with Gasteiger partial charge in [0.25, 0.3) is 5.91 Å². The van der Waals surface area contributed by atoms with Gasteiger partial charge in [-0.25, -0.2) is 4.79 Å². The average Bonchev–Trinajstić information content (AvgIpc) is 2.87. The van der Waals surface area contributed by atoms with Crippen molar-refractivity contribution in [3.8, 4) is 11.4 Å². The van der Waals surface area contributed by atoms with Crippen LogP contribution in [-0.2, 0) is 4.79 Å². The molecule has 0 aliphatic carbocycles. The van der Waals surface area contributed by atoms with Gasteiger partial charge in [0.15, 0.2) is 0 Å². The summed E-state index contributed by atoms with van der Waals surface area (Å²) < 4.78 is 0. The van der Waals surface area contributed by atoms with E-state index in [2.05, 4.69) is 15.4 Å². The normalized spacial score (nSPS) is 11.9. The standard InChI is InChI=1S/C11H11ClN6O2/c1-6(10(19)14-11(13)20)18-16-9(15-17-18)7-2-4-8(12)5-3-7/h2-6H,1H3,(H3,13,14,19,20). The van der Waals surface area contributed by atoms with Gasteiger partial charge in [-0.15, -0.1) is 10.2 Å². The maximum absolute atomic E-state index is 11.6. The number of nitrogens with zero attached hydrogens (tertiary/aromatic N) is 4. The summed E-state index contributed by atoms with van der Waals surface area (Å²) >= 11 is 5.79. The van der Waals surface area contributed by atoms with Gasteiger partial charge in [-0.1, -0.05) is 11.6 Å². The number of rotatable bonds is 3. The molecule has 3 N–H and O–H groups in total. The lowest BCUT2D eigenvalue weighted by Crippen LogP contribution is -2.39. The molecule has 8 nitrogen and oxygen atoms in total. The van der Waals surface area contributed by atoms with Crippen molar-refractivity contribution >= 4 is 23.5 Å². The summed E-state index contributed by atoms with van der Waals surface area (Å²) in [7, 11) is 0. The van der Waals surface area contributed by atoms with Crippen LogP contribution in [0, 0.1) is 0 Å². The Morgan fingerprint density at radius 3 is 2.60 bits per heavy atom. The van der Waals surface area contributed by atoms with Gasteiger partial charge in [0, 0.05) is 10.6 Å². The van der Waals surface area contributed by atoms with Crippen molar-refractivity contribution in [3.05, 3.63) is 29.3 Å². The molecular formula is C11H11ClN6O2. The number of amides is 3. The lowest BCUT2D eigenvalue weighted by molar-refractivity contribution is -0.123. The first-order valence-corrected chi connectivity index (χ1v) is 6.01. The minimum Gasteiger partial charge on any atom is -0.351 e. The number of tetrazole rings is 1. The first kappa shape index (κ1) is 13.9. The highest BCUT2D eigenvalue weighted by atomic mass is 35.5. The van der Waals surface area contributed by atoms with Crippen LogP contribution in [0.1, 0.15) is 13.0 Å². The number of carbonyl (C=O) groups is 2. The van der Waals surface area contributed by atoms with E-state index in [0.717, 1.165) is 4.80 Å². The third kappa shape index (κ3) is 3.09. The van der Waals surface area contributed by atoms with E-state index in [1.165, 1.54) is 6.92 Å². The molecule has 0 saturated carbocycles. The molecule has 1 heterocycles. The highest BCUT2D eigenvalue weighted by Gasteiger charge is 2.19. The quantitative estimate of drug-likeness (QED) is 0.866. The number of hydrogen-bond donors (Lipinski definition) is 2. The number of urea groups is 1. The molecule has 3 amide bonds. The lowest BCUT2D eigenvalue weighted by atomic mass is 10.2. The number of carbonyl (C=O) groups excluding carboxylic acids is 2. The van der Waals surface area contributed by atoms with Gasteiger partial charge in [-0.05, 0) is 36.4 Å². The van der Waals surface area contributed by atoms with E-state index < -0.39 is 18.0 Å². The molecule has 20 heavy (non-hydrogen) atoms. The SMILES string of the molecule is CC(C(=O)NC(N)=O)n1nnc(-c2ccc(Cl)cc2)n1. The number of aromatic nitrogens is 4. The topological polar surface area (TPSA) is 116 Å². The number of primary amides is 1. The van der Waals surface area contributed by atoms with Gasteiger partial charge in [0.05, 0.1) is 0 Å². The summed E-state index contributed by atoms with van der Waals surface area (Å²) in [4.78, 5) is 23.3. The van der Waals surface area contributed by atoms with E-state index in [9.17, 15) is 9.59 Å². The second kappa shape index (κ2) is 5.66. The van der Waals surface area contributed by atoms with Gasteiger partial charge in [-0.3, -0.25) is 10.1 Å². The Balaban J connectivity index is 2.18. The van der Waals surface area contributed by atoms with Crippen LogP contribution in [0.25, 0.3) is 11.4 Å². The van der Waals surface area contributed by atoms with Crippen LogP contribution < -0.4 is 11.1 Å². The van der Waals surface area contributed by atoms with Gasteiger partial charge in [-0.2, -0.15) is 4.80 Å². The summed E-state index contributed by atoms with van der Waals surface area (Å²) in [6.45, 7) is 1.52. The Kier molecular flexibility index (Phi) is 3.94. The van der Waals surface area contributed by atoms with E-state index in [1.807, 2.05) is 5.32 Å². The smallest absolute Gasteiger partial charge is 0.318 e. The number of nitrogens with one attached hydrogen (secondary N) is 1. The number of halogens is 1. The Hall–Kier alpha value is -2.48. The van der Waals surface area contributed by atoms with Crippen molar-refractivity contribution in [2.45, 2.75) is 13.0 Å². The van der Waals surface area contributed by atoms with Crippen molar-refractivity contribution < 1.29 is 9.59 Å². The van der Waals surface area contributed by atoms with Gasteiger partial charge < -0.3 is 5.73 Å². The number of imide groups is 1. The fraction of sp³-hybridized carbons (Fsp3) is 0.182. The fourth-order valence-electron chi connectivity index (χ4n) is 1.43. The molecule has 0 saturated heterocycles. The molecule has 104 valence electrons. The Bertz CT molecular complexity index is 639. The second-order valence-electron chi connectivity index (χ2n) is 3.97. The van der Waals surface area contributed by atoms with Crippen LogP contribution in [0.4, 0.5) is 4.79 Å². The summed E-state index contributed by atoms with van der Waals surface area (Å²) in [6, 6.07) is 5.12. The van der Waals surface area contributed by atoms with E-state index in [1.54, 1.807) is 24.3 Å². The summed E-state index contributed by atoms with van der Waals surface area (Å²) in [6.07, 6.45) is 0. The highest BCUT2D eigenvalue weighted by Crippen LogP contribution is 2.17. The number of nitrogens with two attached hydrogens (primary N) is 1. The van der Waals surface area contributed by atoms with Gasteiger partial charge in [0.2, 0.25) is 5.82 Å². The monoisotopic (exact) mass is 294 g/mol. The summed E-state index contributed by atoms with van der Waals surface area (Å²) in [5, 5.41) is 14.2. The maximum atomic E-state index is 11.6. The molecular weight excluding hydrogens is 284 g/mol. The maximum Gasteiger partial charge on any atom is 0.318 e. The molecule has 0 spiro atoms. The lowest BCUT2D eigenvalue weighted by Gasteiger charge is -2.07. The minimum absolute atomic E-state index is 0.348. The molecule has 2 rings (SSSR count). The summed E-state index contributed by atoms with van der Waals surface area (Å²) in [5.41, 5.74) is 5.58. The largest absolute Gasteiger partial charge is 0.351 e. The predicted octanol–water partition coefficient (Wildman–Crippen LogP) is 0.749. The van der Waals surface area contributed by atoms with Crippen molar-refractivity contribution in [2.24, 2.45) is 5.73 Å². The Morgan fingerprint density at radius 1 is 1.35 bits per heavy atom. The van der Waals surface area contributed by atoms with Gasteiger partial charge >= 0.3 is 6.03 Å². The van der Waals surface area contributed by atoms with E-state index in [0.29, 0.717) is 16.4 Å². The molecule has 9 heteroatoms. The van der Waals surface area contributed by atoms with Crippen molar-refractivity contribution in [1.29, 1.82) is 0 Å². The first-order valence-electron chi connectivity index (χ1n) is 5.63. The van der Waals surface area contributed by atoms with Crippen molar-refractivity contribution in [2.75, 3.05) is 0 Å². The molecule has 0 radical (unpaired) electrons. The average molecular weight is 295 g/mol. The Labute approximate surface area is 118 Å². The molecule has 1 unspecified atom stereocenters. The van der Waals surface area contributed by atoms with Gasteiger partial charge in [0.1, 0.15) is 6.04 Å². The fourth-order valence-corrected chi connectivity index (χ4v) is 1.56. The Morgan fingerprint density at radius 2 is 2.00 bits per heavy atom. The first-order chi connectivity index (χ1) is 9.47. The predicted molar refractivity (Wildman–Crippen MR) is 70.7 cm³/mol. The van der Waals surface area contributed by atoms with Crippen LogP contribution in [0.15, 0.2) is 24.3 Å². The third-order valence-corrected chi connectivity index (χ3v) is 2.75. The van der Waals surface area contributed by atoms with Crippen molar-refractivity contribution in [3.63, 3.8) is 0 Å². The number of benzene rings is 1. The molecule has 1 atom stereocenters. The van der Waals surface area contributed by atoms with E-state index >= 15 is 0 Å². The molecule has 0 aliphatic rings. The van der Waals surface area contributed by atoms with E-state index in [4.69, 9.17) is 17.3 Å². The molecule has 2 aromatic rings. The molecule has 0 aliphatic heterocycles.